The van der Waals surface area contributed by atoms with Gasteiger partial charge >= 0.3 is 0 Å². The number of anilines is 2. The molecule has 0 spiro atoms. The zero-order valence-electron chi connectivity index (χ0n) is 17.8. The van der Waals surface area contributed by atoms with Crippen LogP contribution >= 0.6 is 23.1 Å². The molecule has 6 nitrogen and oxygen atoms in total. The van der Waals surface area contributed by atoms with E-state index in [1.54, 1.807) is 0 Å². The monoisotopic (exact) mass is 455 g/mol. The van der Waals surface area contributed by atoms with E-state index < -0.39 is 0 Å². The molecule has 0 saturated carbocycles. The van der Waals surface area contributed by atoms with Crippen LogP contribution in [0, 0.1) is 6.92 Å². The molecular formula is C23H26ClN5OS. The number of hydrogen-bond donors (Lipinski definition) is 0. The number of rotatable bonds is 6. The summed E-state index contributed by atoms with van der Waals surface area (Å²) in [5.74, 6) is 0.896. The van der Waals surface area contributed by atoms with Gasteiger partial charge in [-0.1, -0.05) is 53.6 Å². The molecule has 1 aromatic heterocycles. The normalized spacial score (nSPS) is 14.0. The van der Waals surface area contributed by atoms with Crippen LogP contribution in [0.25, 0.3) is 0 Å². The Hall–Kier alpha value is -2.64. The number of halogens is 1. The molecule has 2 aromatic carbocycles. The molecule has 8 heteroatoms. The van der Waals surface area contributed by atoms with Gasteiger partial charge in [-0.25, -0.2) is 4.98 Å². The van der Waals surface area contributed by atoms with Gasteiger partial charge in [0.1, 0.15) is 5.82 Å². The SMILES string of the molecule is Cc1ccc(Cc2nsc(N(C)CC(=O)N3CCN(c4ccccc4Cl)CC3)n2)cc1. The van der Waals surface area contributed by atoms with Gasteiger partial charge in [0, 0.05) is 51.2 Å². The summed E-state index contributed by atoms with van der Waals surface area (Å²) in [5.41, 5.74) is 3.45. The topological polar surface area (TPSA) is 52.6 Å². The van der Waals surface area contributed by atoms with Gasteiger partial charge in [0.05, 0.1) is 17.3 Å². The molecule has 4 rings (SSSR count). The Morgan fingerprint density at radius 3 is 2.52 bits per heavy atom. The van der Waals surface area contributed by atoms with Crippen LogP contribution in [0.5, 0.6) is 0 Å². The minimum absolute atomic E-state index is 0.108. The van der Waals surface area contributed by atoms with Crippen molar-refractivity contribution in [1.82, 2.24) is 14.3 Å². The van der Waals surface area contributed by atoms with Crippen LogP contribution in [0.15, 0.2) is 48.5 Å². The van der Waals surface area contributed by atoms with E-state index in [1.807, 2.05) is 41.1 Å². The van der Waals surface area contributed by atoms with Crippen LogP contribution < -0.4 is 9.80 Å². The molecule has 31 heavy (non-hydrogen) atoms. The smallest absolute Gasteiger partial charge is 0.242 e. The number of aromatic nitrogens is 2. The molecule has 1 aliphatic heterocycles. The lowest BCUT2D eigenvalue weighted by atomic mass is 10.1. The number of likely N-dealkylation sites (N-methyl/N-ethyl adjacent to an activating group) is 1. The highest BCUT2D eigenvalue weighted by Gasteiger charge is 2.23. The Kier molecular flexibility index (Phi) is 6.73. The maximum Gasteiger partial charge on any atom is 0.242 e. The van der Waals surface area contributed by atoms with Crippen molar-refractivity contribution in [2.45, 2.75) is 13.3 Å². The highest BCUT2D eigenvalue weighted by Crippen LogP contribution is 2.26. The summed E-state index contributed by atoms with van der Waals surface area (Å²) in [4.78, 5) is 23.5. The first-order valence-electron chi connectivity index (χ1n) is 10.4. The van der Waals surface area contributed by atoms with Crippen molar-refractivity contribution in [1.29, 1.82) is 0 Å². The van der Waals surface area contributed by atoms with E-state index in [-0.39, 0.29) is 5.91 Å². The summed E-state index contributed by atoms with van der Waals surface area (Å²) >= 11 is 7.65. The Labute approximate surface area is 192 Å². The molecule has 2 heterocycles. The summed E-state index contributed by atoms with van der Waals surface area (Å²) in [6.45, 7) is 5.30. The van der Waals surface area contributed by atoms with Crippen LogP contribution in [0.3, 0.4) is 0 Å². The second-order valence-corrected chi connectivity index (χ2v) is 8.97. The van der Waals surface area contributed by atoms with Crippen LogP contribution in [-0.4, -0.2) is 59.9 Å². The fraction of sp³-hybridized carbons (Fsp3) is 0.348. The number of aryl methyl sites for hydroxylation is 1. The molecule has 0 aliphatic carbocycles. The molecule has 1 amide bonds. The zero-order chi connectivity index (χ0) is 21.8. The highest BCUT2D eigenvalue weighted by atomic mass is 35.5. The third-order valence-corrected chi connectivity index (χ3v) is 6.65. The summed E-state index contributed by atoms with van der Waals surface area (Å²) in [6, 6.07) is 16.2. The predicted molar refractivity (Wildman–Crippen MR) is 127 cm³/mol. The van der Waals surface area contributed by atoms with Crippen molar-refractivity contribution < 1.29 is 4.79 Å². The number of carbonyl (C=O) groups is 1. The van der Waals surface area contributed by atoms with E-state index in [0.717, 1.165) is 34.8 Å². The van der Waals surface area contributed by atoms with E-state index in [1.165, 1.54) is 22.7 Å². The minimum atomic E-state index is 0.108. The van der Waals surface area contributed by atoms with Gasteiger partial charge in [-0.15, -0.1) is 0 Å². The molecule has 0 N–H and O–H groups in total. The number of piperazine rings is 1. The second-order valence-electron chi connectivity index (χ2n) is 7.83. The zero-order valence-corrected chi connectivity index (χ0v) is 19.4. The average molecular weight is 456 g/mol. The van der Waals surface area contributed by atoms with E-state index in [0.29, 0.717) is 26.1 Å². The number of hydrogen-bond acceptors (Lipinski definition) is 6. The largest absolute Gasteiger partial charge is 0.367 e. The van der Waals surface area contributed by atoms with Gasteiger partial charge < -0.3 is 14.7 Å². The van der Waals surface area contributed by atoms with Gasteiger partial charge in [-0.3, -0.25) is 4.79 Å². The van der Waals surface area contributed by atoms with Gasteiger partial charge in [0.25, 0.3) is 0 Å². The second kappa shape index (κ2) is 9.66. The van der Waals surface area contributed by atoms with E-state index in [2.05, 4.69) is 45.4 Å². The average Bonchev–Trinajstić information content (AvgIpc) is 3.24. The van der Waals surface area contributed by atoms with Crippen molar-refractivity contribution >= 4 is 39.9 Å². The van der Waals surface area contributed by atoms with E-state index >= 15 is 0 Å². The van der Waals surface area contributed by atoms with Crippen LogP contribution in [0.4, 0.5) is 10.8 Å². The number of nitrogens with zero attached hydrogens (tertiary/aromatic N) is 5. The van der Waals surface area contributed by atoms with Crippen LogP contribution in [-0.2, 0) is 11.2 Å². The summed E-state index contributed by atoms with van der Waals surface area (Å²) in [6.07, 6.45) is 0.697. The molecule has 1 fully saturated rings. The molecular weight excluding hydrogens is 430 g/mol. The quantitative estimate of drug-likeness (QED) is 0.564. The Morgan fingerprint density at radius 2 is 1.81 bits per heavy atom. The van der Waals surface area contributed by atoms with Gasteiger partial charge in [0.2, 0.25) is 11.0 Å². The molecule has 3 aromatic rings. The molecule has 0 bridgehead atoms. The lowest BCUT2D eigenvalue weighted by Gasteiger charge is -2.37. The van der Waals surface area contributed by atoms with Crippen LogP contribution in [0.1, 0.15) is 17.0 Å². The third kappa shape index (κ3) is 5.35. The first-order valence-corrected chi connectivity index (χ1v) is 11.5. The van der Waals surface area contributed by atoms with E-state index in [4.69, 9.17) is 11.6 Å². The first kappa shape index (κ1) is 21.6. The van der Waals surface area contributed by atoms with Crippen molar-refractivity contribution in [2.75, 3.05) is 49.6 Å². The minimum Gasteiger partial charge on any atom is -0.367 e. The van der Waals surface area contributed by atoms with Crippen LogP contribution in [0.2, 0.25) is 5.02 Å². The first-order chi connectivity index (χ1) is 15.0. The molecule has 0 radical (unpaired) electrons. The molecule has 0 unspecified atom stereocenters. The number of benzene rings is 2. The Balaban J connectivity index is 1.29. The molecule has 1 saturated heterocycles. The maximum atomic E-state index is 12.8. The van der Waals surface area contributed by atoms with Crippen molar-refractivity contribution in [2.24, 2.45) is 0 Å². The molecule has 1 aliphatic rings. The number of carbonyl (C=O) groups excluding carboxylic acids is 1. The molecule has 162 valence electrons. The predicted octanol–water partition coefficient (Wildman–Crippen LogP) is 3.88. The Morgan fingerprint density at radius 1 is 1.10 bits per heavy atom. The van der Waals surface area contributed by atoms with Crippen molar-refractivity contribution in [3.8, 4) is 0 Å². The Bertz CT molecular complexity index is 1030. The lowest BCUT2D eigenvalue weighted by molar-refractivity contribution is -0.129. The standard InChI is InChI=1S/C23H26ClN5OS/c1-17-7-9-18(10-8-17)15-21-25-23(31-26-21)27(2)16-22(30)29-13-11-28(12-14-29)20-6-4-3-5-19(20)24/h3-10H,11-16H2,1-2H3. The van der Waals surface area contributed by atoms with E-state index in [9.17, 15) is 4.79 Å². The summed E-state index contributed by atoms with van der Waals surface area (Å²) < 4.78 is 4.47. The number of amides is 1. The maximum absolute atomic E-state index is 12.8. The van der Waals surface area contributed by atoms with Crippen molar-refractivity contribution in [3.63, 3.8) is 0 Å². The van der Waals surface area contributed by atoms with Gasteiger partial charge in [0.15, 0.2) is 0 Å². The third-order valence-electron chi connectivity index (χ3n) is 5.46. The van der Waals surface area contributed by atoms with Gasteiger partial charge in [-0.2, -0.15) is 4.37 Å². The summed E-state index contributed by atoms with van der Waals surface area (Å²) in [5, 5.41) is 1.52. The van der Waals surface area contributed by atoms with Gasteiger partial charge in [-0.05, 0) is 24.6 Å². The lowest BCUT2D eigenvalue weighted by Crippen LogP contribution is -2.51. The highest BCUT2D eigenvalue weighted by molar-refractivity contribution is 7.09. The fourth-order valence-corrected chi connectivity index (χ4v) is 4.53. The fourth-order valence-electron chi connectivity index (χ4n) is 3.64. The molecule has 0 atom stereocenters. The number of para-hydroxylation sites is 1. The van der Waals surface area contributed by atoms with Crippen molar-refractivity contribution in [3.05, 3.63) is 70.5 Å². The summed E-state index contributed by atoms with van der Waals surface area (Å²) in [7, 11) is 1.90.